The number of benzene rings is 2. The van der Waals surface area contributed by atoms with Crippen molar-refractivity contribution in [1.29, 1.82) is 0 Å². The molecular formula is C22H24N2O5. The zero-order valence-corrected chi connectivity index (χ0v) is 16.3. The van der Waals surface area contributed by atoms with E-state index in [1.807, 2.05) is 11.0 Å². The van der Waals surface area contributed by atoms with Crippen molar-refractivity contribution >= 4 is 29.2 Å². The van der Waals surface area contributed by atoms with Crippen molar-refractivity contribution in [2.75, 3.05) is 29.9 Å². The monoisotopic (exact) mass is 396 g/mol. The molecule has 0 aromatic heterocycles. The van der Waals surface area contributed by atoms with Gasteiger partial charge in [-0.25, -0.2) is 4.79 Å². The molecule has 0 saturated carbocycles. The first-order valence-corrected chi connectivity index (χ1v) is 9.65. The van der Waals surface area contributed by atoms with Gasteiger partial charge in [0.25, 0.3) is 5.91 Å². The molecule has 1 aliphatic heterocycles. The quantitative estimate of drug-likeness (QED) is 0.727. The summed E-state index contributed by atoms with van der Waals surface area (Å²) in [7, 11) is 0. The molecule has 0 aliphatic carbocycles. The van der Waals surface area contributed by atoms with Crippen LogP contribution in [0, 0.1) is 5.92 Å². The Morgan fingerprint density at radius 1 is 1.17 bits per heavy atom. The highest BCUT2D eigenvalue weighted by Gasteiger charge is 2.29. The van der Waals surface area contributed by atoms with E-state index in [1.54, 1.807) is 43.3 Å². The van der Waals surface area contributed by atoms with Crippen LogP contribution in [0.25, 0.3) is 0 Å². The first kappa shape index (κ1) is 20.4. The maximum Gasteiger partial charge on any atom is 0.337 e. The maximum atomic E-state index is 12.3. The minimum Gasteiger partial charge on any atom is -0.478 e. The van der Waals surface area contributed by atoms with Crippen LogP contribution in [-0.4, -0.2) is 42.6 Å². The van der Waals surface area contributed by atoms with E-state index in [2.05, 4.69) is 5.32 Å². The summed E-state index contributed by atoms with van der Waals surface area (Å²) in [6, 6.07) is 13.5. The van der Waals surface area contributed by atoms with Gasteiger partial charge in [-0.15, -0.1) is 0 Å². The predicted octanol–water partition coefficient (Wildman–Crippen LogP) is 3.42. The second kappa shape index (κ2) is 9.23. The maximum absolute atomic E-state index is 12.3. The topological polar surface area (TPSA) is 95.9 Å². The zero-order valence-electron chi connectivity index (χ0n) is 16.3. The third-order valence-corrected chi connectivity index (χ3v) is 4.90. The van der Waals surface area contributed by atoms with Crippen LogP contribution in [-0.2, 0) is 9.53 Å². The van der Waals surface area contributed by atoms with Crippen molar-refractivity contribution in [3.8, 4) is 0 Å². The number of nitrogens with one attached hydrogen (secondary N) is 1. The number of carbonyl (C=O) groups excluding carboxylic acids is 2. The Balaban J connectivity index is 1.80. The molecule has 0 bridgehead atoms. The molecule has 1 heterocycles. The molecule has 0 spiro atoms. The molecule has 3 rings (SSSR count). The molecule has 2 aromatic rings. The van der Waals surface area contributed by atoms with Gasteiger partial charge in [0, 0.05) is 24.3 Å². The van der Waals surface area contributed by atoms with E-state index >= 15 is 0 Å². The average molecular weight is 396 g/mol. The third kappa shape index (κ3) is 4.93. The minimum absolute atomic E-state index is 0.0837. The average Bonchev–Trinajstić information content (AvgIpc) is 2.74. The van der Waals surface area contributed by atoms with E-state index in [4.69, 9.17) is 4.74 Å². The fourth-order valence-corrected chi connectivity index (χ4v) is 3.50. The Hall–Kier alpha value is -3.35. The van der Waals surface area contributed by atoms with Crippen LogP contribution in [0.2, 0.25) is 0 Å². The van der Waals surface area contributed by atoms with Crippen LogP contribution < -0.4 is 10.2 Å². The number of hydrogen-bond acceptors (Lipinski definition) is 5. The number of carboxylic acids is 1. The summed E-state index contributed by atoms with van der Waals surface area (Å²) in [5, 5.41) is 12.4. The number of amides is 1. The highest BCUT2D eigenvalue weighted by Crippen LogP contribution is 2.29. The SMILES string of the molecule is CCOC(=O)[C@@H]1CCCN(c2ccc(NC(=O)c3ccccc3)cc2C(=O)O)C1. The molecule has 2 N–H and O–H groups in total. The molecular weight excluding hydrogens is 372 g/mol. The van der Waals surface area contributed by atoms with E-state index in [0.717, 1.165) is 12.8 Å². The van der Waals surface area contributed by atoms with Gasteiger partial charge in [0.05, 0.1) is 23.8 Å². The number of aromatic carboxylic acids is 1. The van der Waals surface area contributed by atoms with E-state index in [1.165, 1.54) is 6.07 Å². The van der Waals surface area contributed by atoms with E-state index in [-0.39, 0.29) is 23.4 Å². The van der Waals surface area contributed by atoms with Gasteiger partial charge < -0.3 is 20.1 Å². The summed E-state index contributed by atoms with van der Waals surface area (Å²) in [4.78, 5) is 38.2. The van der Waals surface area contributed by atoms with Gasteiger partial charge in [0.2, 0.25) is 0 Å². The number of ether oxygens (including phenoxy) is 1. The van der Waals surface area contributed by atoms with Crippen molar-refractivity contribution in [2.24, 2.45) is 5.92 Å². The molecule has 29 heavy (non-hydrogen) atoms. The molecule has 1 fully saturated rings. The van der Waals surface area contributed by atoms with Crippen LogP contribution in [0.3, 0.4) is 0 Å². The molecule has 152 valence electrons. The molecule has 1 saturated heterocycles. The predicted molar refractivity (Wildman–Crippen MR) is 109 cm³/mol. The van der Waals surface area contributed by atoms with Crippen LogP contribution >= 0.6 is 0 Å². The molecule has 7 heteroatoms. The fraction of sp³-hybridized carbons (Fsp3) is 0.318. The number of nitrogens with zero attached hydrogens (tertiary/aromatic N) is 1. The Kier molecular flexibility index (Phi) is 6.49. The number of hydrogen-bond donors (Lipinski definition) is 2. The molecule has 2 aromatic carbocycles. The summed E-state index contributed by atoms with van der Waals surface area (Å²) < 4.78 is 5.12. The highest BCUT2D eigenvalue weighted by atomic mass is 16.5. The number of carboxylic acid groups (broad SMARTS) is 1. The Labute approximate surface area is 169 Å². The van der Waals surface area contributed by atoms with Gasteiger partial charge >= 0.3 is 11.9 Å². The number of esters is 1. The molecule has 0 radical (unpaired) electrons. The van der Waals surface area contributed by atoms with Crippen LogP contribution in [0.4, 0.5) is 11.4 Å². The lowest BCUT2D eigenvalue weighted by Gasteiger charge is -2.34. The Morgan fingerprint density at radius 2 is 1.93 bits per heavy atom. The van der Waals surface area contributed by atoms with E-state index < -0.39 is 5.97 Å². The summed E-state index contributed by atoms with van der Waals surface area (Å²) in [5.74, 6) is -1.92. The molecule has 1 aliphatic rings. The van der Waals surface area contributed by atoms with Gasteiger partial charge in [-0.2, -0.15) is 0 Å². The Morgan fingerprint density at radius 3 is 2.62 bits per heavy atom. The largest absolute Gasteiger partial charge is 0.478 e. The van der Waals surface area contributed by atoms with Gasteiger partial charge in [0.15, 0.2) is 0 Å². The van der Waals surface area contributed by atoms with Crippen molar-refractivity contribution in [2.45, 2.75) is 19.8 Å². The standard InChI is InChI=1S/C22H24N2O5/c1-2-29-22(28)16-9-6-12-24(14-16)19-11-10-17(13-18(19)21(26)27)23-20(25)15-7-4-3-5-8-15/h3-5,7-8,10-11,13,16H,2,6,9,12,14H2,1H3,(H,23,25)(H,26,27)/t16-/m1/s1. The normalized spacial score (nSPS) is 16.2. The van der Waals surface area contributed by atoms with Gasteiger partial charge in [-0.1, -0.05) is 18.2 Å². The fourth-order valence-electron chi connectivity index (χ4n) is 3.50. The summed E-state index contributed by atoms with van der Waals surface area (Å²) in [5.41, 5.74) is 1.50. The second-order valence-electron chi connectivity index (χ2n) is 6.89. The zero-order chi connectivity index (χ0) is 20.8. The van der Waals surface area contributed by atoms with Crippen molar-refractivity contribution in [3.05, 3.63) is 59.7 Å². The third-order valence-electron chi connectivity index (χ3n) is 4.90. The summed E-state index contributed by atoms with van der Waals surface area (Å²) >= 11 is 0. The van der Waals surface area contributed by atoms with Gasteiger partial charge in [-0.3, -0.25) is 9.59 Å². The molecule has 7 nitrogen and oxygen atoms in total. The molecule has 0 unspecified atom stereocenters. The van der Waals surface area contributed by atoms with Crippen LogP contribution in [0.5, 0.6) is 0 Å². The summed E-state index contributed by atoms with van der Waals surface area (Å²) in [6.07, 6.45) is 1.50. The number of anilines is 2. The molecule has 1 amide bonds. The number of piperidine rings is 1. The lowest BCUT2D eigenvalue weighted by molar-refractivity contribution is -0.148. The lowest BCUT2D eigenvalue weighted by Crippen LogP contribution is -2.40. The van der Waals surface area contributed by atoms with Crippen LogP contribution in [0.1, 0.15) is 40.5 Å². The Bertz CT molecular complexity index is 897. The van der Waals surface area contributed by atoms with E-state index in [9.17, 15) is 19.5 Å². The number of rotatable bonds is 6. The smallest absolute Gasteiger partial charge is 0.337 e. The van der Waals surface area contributed by atoms with Crippen molar-refractivity contribution in [1.82, 2.24) is 0 Å². The first-order valence-electron chi connectivity index (χ1n) is 9.65. The van der Waals surface area contributed by atoms with E-state index in [0.29, 0.717) is 36.6 Å². The lowest BCUT2D eigenvalue weighted by atomic mass is 9.96. The number of carbonyl (C=O) groups is 3. The van der Waals surface area contributed by atoms with Crippen molar-refractivity contribution < 1.29 is 24.2 Å². The van der Waals surface area contributed by atoms with Gasteiger partial charge in [-0.05, 0) is 50.1 Å². The van der Waals surface area contributed by atoms with Gasteiger partial charge in [0.1, 0.15) is 0 Å². The second-order valence-corrected chi connectivity index (χ2v) is 6.89. The van der Waals surface area contributed by atoms with Crippen LogP contribution in [0.15, 0.2) is 48.5 Å². The highest BCUT2D eigenvalue weighted by molar-refractivity contribution is 6.05. The molecule has 1 atom stereocenters. The van der Waals surface area contributed by atoms with Crippen molar-refractivity contribution in [3.63, 3.8) is 0 Å². The first-order chi connectivity index (χ1) is 14.0. The summed E-state index contributed by atoms with van der Waals surface area (Å²) in [6.45, 7) is 3.16. The minimum atomic E-state index is -1.09.